The number of fused-ring (bicyclic) bond motifs is 6. The maximum Gasteiger partial charge on any atom is 0.171 e. The highest BCUT2D eigenvalue weighted by Gasteiger charge is 2.30. The first-order chi connectivity index (χ1) is 19.7. The SMILES string of the molecule is O=P(c1ccccc1)(c1ccccc1)c1ccc2oc3ccc(-c4cccc5c4oc4ccccc45)cc3c2c1. The van der Waals surface area contributed by atoms with Gasteiger partial charge in [0, 0.05) is 43.0 Å². The number of benzene rings is 6. The van der Waals surface area contributed by atoms with Crippen molar-refractivity contribution in [1.29, 1.82) is 0 Å². The molecule has 0 bridgehead atoms. The molecule has 0 saturated carbocycles. The molecule has 6 aromatic carbocycles. The average Bonchev–Trinajstić information content (AvgIpc) is 3.59. The summed E-state index contributed by atoms with van der Waals surface area (Å²) in [5, 5.41) is 6.53. The molecule has 4 heteroatoms. The third kappa shape index (κ3) is 3.42. The number of hydrogen-bond acceptors (Lipinski definition) is 3. The van der Waals surface area contributed by atoms with Gasteiger partial charge in [0.15, 0.2) is 7.14 Å². The lowest BCUT2D eigenvalue weighted by molar-refractivity contribution is 0.592. The molecule has 2 heterocycles. The highest BCUT2D eigenvalue weighted by Crippen LogP contribution is 2.44. The van der Waals surface area contributed by atoms with E-state index < -0.39 is 7.14 Å². The van der Waals surface area contributed by atoms with Crippen LogP contribution in [0.15, 0.2) is 148 Å². The Labute approximate surface area is 230 Å². The van der Waals surface area contributed by atoms with Crippen LogP contribution >= 0.6 is 7.14 Å². The van der Waals surface area contributed by atoms with Crippen molar-refractivity contribution < 1.29 is 13.4 Å². The van der Waals surface area contributed by atoms with E-state index in [1.807, 2.05) is 103 Å². The molecule has 8 aromatic rings. The topological polar surface area (TPSA) is 43.4 Å². The first-order valence-electron chi connectivity index (χ1n) is 13.3. The zero-order valence-corrected chi connectivity index (χ0v) is 22.3. The molecule has 190 valence electrons. The molecule has 0 aliphatic heterocycles. The second-order valence-corrected chi connectivity index (χ2v) is 12.8. The van der Waals surface area contributed by atoms with Gasteiger partial charge in [-0.15, -0.1) is 0 Å². The van der Waals surface area contributed by atoms with Gasteiger partial charge in [0.05, 0.1) is 0 Å². The van der Waals surface area contributed by atoms with Crippen molar-refractivity contribution in [2.45, 2.75) is 0 Å². The van der Waals surface area contributed by atoms with Crippen LogP contribution in [0.2, 0.25) is 0 Å². The van der Waals surface area contributed by atoms with Crippen LogP contribution in [0.4, 0.5) is 0 Å². The summed E-state index contributed by atoms with van der Waals surface area (Å²) in [6, 6.07) is 46.1. The largest absolute Gasteiger partial charge is 0.456 e. The van der Waals surface area contributed by atoms with Gasteiger partial charge in [0.1, 0.15) is 22.3 Å². The van der Waals surface area contributed by atoms with E-state index in [0.717, 1.165) is 70.9 Å². The summed E-state index contributed by atoms with van der Waals surface area (Å²) >= 11 is 0. The summed E-state index contributed by atoms with van der Waals surface area (Å²) in [6.07, 6.45) is 0. The normalized spacial score (nSPS) is 12.1. The highest BCUT2D eigenvalue weighted by atomic mass is 31.2. The quantitative estimate of drug-likeness (QED) is 0.212. The smallest absolute Gasteiger partial charge is 0.171 e. The average molecular weight is 535 g/mol. The van der Waals surface area contributed by atoms with E-state index in [0.29, 0.717) is 0 Å². The third-order valence-corrected chi connectivity index (χ3v) is 10.8. The van der Waals surface area contributed by atoms with Gasteiger partial charge in [0.25, 0.3) is 0 Å². The number of furan rings is 2. The summed E-state index contributed by atoms with van der Waals surface area (Å²) in [4.78, 5) is 0. The van der Waals surface area contributed by atoms with Gasteiger partial charge in [-0.05, 0) is 42.0 Å². The monoisotopic (exact) mass is 534 g/mol. The Morgan fingerprint density at radius 1 is 0.425 bits per heavy atom. The van der Waals surface area contributed by atoms with E-state index in [1.54, 1.807) is 0 Å². The first-order valence-corrected chi connectivity index (χ1v) is 15.0. The van der Waals surface area contributed by atoms with Crippen LogP contribution in [0.5, 0.6) is 0 Å². The Balaban J connectivity index is 1.35. The Hall–Kier alpha value is -4.85. The molecule has 0 fully saturated rings. The van der Waals surface area contributed by atoms with E-state index >= 15 is 0 Å². The minimum atomic E-state index is -3.11. The summed E-state index contributed by atoms with van der Waals surface area (Å²) in [5.74, 6) is 0. The summed E-state index contributed by atoms with van der Waals surface area (Å²) in [7, 11) is -3.11. The highest BCUT2D eigenvalue weighted by molar-refractivity contribution is 7.85. The van der Waals surface area contributed by atoms with Crippen molar-refractivity contribution in [1.82, 2.24) is 0 Å². The predicted octanol–water partition coefficient (Wildman–Crippen LogP) is 8.79. The minimum Gasteiger partial charge on any atom is -0.456 e. The van der Waals surface area contributed by atoms with Crippen molar-refractivity contribution in [3.63, 3.8) is 0 Å². The lowest BCUT2D eigenvalue weighted by atomic mass is 10.0. The summed E-state index contributed by atoms with van der Waals surface area (Å²) in [6.45, 7) is 0. The molecule has 0 amide bonds. The second-order valence-electron chi connectivity index (χ2n) is 10.1. The Kier molecular flexibility index (Phi) is 5.10. The van der Waals surface area contributed by atoms with Crippen LogP contribution in [0.3, 0.4) is 0 Å². The summed E-state index contributed by atoms with van der Waals surface area (Å²) in [5.41, 5.74) is 5.38. The van der Waals surface area contributed by atoms with Crippen molar-refractivity contribution in [2.24, 2.45) is 0 Å². The molecule has 0 saturated heterocycles. The lowest BCUT2D eigenvalue weighted by Crippen LogP contribution is -2.24. The number of hydrogen-bond donors (Lipinski definition) is 0. The van der Waals surface area contributed by atoms with Crippen molar-refractivity contribution in [2.75, 3.05) is 0 Å². The number of para-hydroxylation sites is 2. The van der Waals surface area contributed by atoms with Crippen molar-refractivity contribution in [3.05, 3.63) is 140 Å². The van der Waals surface area contributed by atoms with Gasteiger partial charge in [-0.25, -0.2) is 0 Å². The molecule has 0 aliphatic rings. The molecule has 3 nitrogen and oxygen atoms in total. The van der Waals surface area contributed by atoms with E-state index in [2.05, 4.69) is 36.4 Å². The van der Waals surface area contributed by atoms with Crippen LogP contribution in [0.25, 0.3) is 55.0 Å². The fraction of sp³-hybridized carbons (Fsp3) is 0. The Bertz CT molecular complexity index is 2200. The predicted molar refractivity (Wildman–Crippen MR) is 166 cm³/mol. The molecular formula is C36H23O3P. The molecule has 0 atom stereocenters. The van der Waals surface area contributed by atoms with Crippen molar-refractivity contribution in [3.8, 4) is 11.1 Å². The van der Waals surface area contributed by atoms with Crippen LogP contribution in [-0.4, -0.2) is 0 Å². The van der Waals surface area contributed by atoms with Gasteiger partial charge < -0.3 is 13.4 Å². The number of rotatable bonds is 4. The molecule has 0 spiro atoms. The Morgan fingerprint density at radius 3 is 1.77 bits per heavy atom. The second kappa shape index (κ2) is 8.84. The maximum atomic E-state index is 15.0. The molecule has 0 unspecified atom stereocenters. The van der Waals surface area contributed by atoms with Crippen molar-refractivity contribution >= 4 is 66.9 Å². The van der Waals surface area contributed by atoms with Gasteiger partial charge in [-0.1, -0.05) is 103 Å². The molecule has 0 aliphatic carbocycles. The lowest BCUT2D eigenvalue weighted by Gasteiger charge is -2.20. The van der Waals surface area contributed by atoms with E-state index in [1.165, 1.54) is 0 Å². The Morgan fingerprint density at radius 2 is 1.02 bits per heavy atom. The van der Waals surface area contributed by atoms with E-state index in [-0.39, 0.29) is 0 Å². The molecule has 0 N–H and O–H groups in total. The van der Waals surface area contributed by atoms with Gasteiger partial charge in [-0.3, -0.25) is 0 Å². The molecule has 2 aromatic heterocycles. The fourth-order valence-corrected chi connectivity index (χ4v) is 8.50. The van der Waals surface area contributed by atoms with E-state index in [4.69, 9.17) is 8.83 Å². The van der Waals surface area contributed by atoms with Crippen LogP contribution in [-0.2, 0) is 4.57 Å². The molecule has 8 rings (SSSR count). The van der Waals surface area contributed by atoms with Crippen LogP contribution in [0, 0.1) is 0 Å². The van der Waals surface area contributed by atoms with Crippen LogP contribution in [0.1, 0.15) is 0 Å². The molecular weight excluding hydrogens is 511 g/mol. The molecule has 40 heavy (non-hydrogen) atoms. The van der Waals surface area contributed by atoms with E-state index in [9.17, 15) is 4.57 Å². The standard InChI is InChI=1S/C36H23O3P/c37-40(25-10-3-1-4-11-25,26-12-5-2-6-13-26)27-19-21-35-32(23-27)31-22-24(18-20-34(31)38-35)28-15-9-16-30-29-14-7-8-17-33(29)39-36(28)30/h1-23H. The van der Waals surface area contributed by atoms with Gasteiger partial charge in [-0.2, -0.15) is 0 Å². The minimum absolute atomic E-state index is 0.769. The zero-order chi connectivity index (χ0) is 26.7. The van der Waals surface area contributed by atoms with Crippen LogP contribution < -0.4 is 15.9 Å². The van der Waals surface area contributed by atoms with Gasteiger partial charge in [0.2, 0.25) is 0 Å². The fourth-order valence-electron chi connectivity index (χ4n) is 5.83. The first kappa shape index (κ1) is 23.1. The molecule has 0 radical (unpaired) electrons. The maximum absolute atomic E-state index is 15.0. The summed E-state index contributed by atoms with van der Waals surface area (Å²) < 4.78 is 27.6. The zero-order valence-electron chi connectivity index (χ0n) is 21.5. The van der Waals surface area contributed by atoms with Gasteiger partial charge >= 0.3 is 0 Å². The third-order valence-electron chi connectivity index (χ3n) is 7.77.